The number of pyridine rings is 2. The molecular formula is C13H11F3N2O. The third-order valence-corrected chi connectivity index (χ3v) is 2.35. The van der Waals surface area contributed by atoms with Crippen LogP contribution in [0.5, 0.6) is 5.88 Å². The van der Waals surface area contributed by atoms with Crippen molar-refractivity contribution in [3.05, 3.63) is 53.5 Å². The number of ether oxygens (including phenoxy) is 1. The molecule has 19 heavy (non-hydrogen) atoms. The van der Waals surface area contributed by atoms with Gasteiger partial charge in [-0.15, -0.1) is 0 Å². The minimum absolute atomic E-state index is 0.0574. The maximum Gasteiger partial charge on any atom is 0.416 e. The number of alkyl halides is 3. The molecule has 0 fully saturated rings. The molecule has 0 amide bonds. The van der Waals surface area contributed by atoms with E-state index in [1.807, 2.05) is 0 Å². The van der Waals surface area contributed by atoms with E-state index in [9.17, 15) is 13.2 Å². The SMILES string of the molecule is Cc1cc(C(F)(F)F)cc(OCc2ccccn2)n1. The van der Waals surface area contributed by atoms with Gasteiger partial charge in [-0.2, -0.15) is 13.2 Å². The monoisotopic (exact) mass is 268 g/mol. The van der Waals surface area contributed by atoms with Gasteiger partial charge in [0.05, 0.1) is 11.3 Å². The molecule has 0 unspecified atom stereocenters. The minimum Gasteiger partial charge on any atom is -0.471 e. The minimum atomic E-state index is -4.41. The highest BCUT2D eigenvalue weighted by Crippen LogP contribution is 2.31. The summed E-state index contributed by atoms with van der Waals surface area (Å²) in [6, 6.07) is 7.11. The number of rotatable bonds is 3. The Balaban J connectivity index is 2.15. The molecule has 0 radical (unpaired) electrons. The van der Waals surface area contributed by atoms with E-state index in [0.29, 0.717) is 5.69 Å². The van der Waals surface area contributed by atoms with Crippen molar-refractivity contribution in [2.75, 3.05) is 0 Å². The maximum atomic E-state index is 12.6. The molecule has 0 N–H and O–H groups in total. The molecule has 0 bridgehead atoms. The van der Waals surface area contributed by atoms with Gasteiger partial charge in [0.1, 0.15) is 6.61 Å². The highest BCUT2D eigenvalue weighted by atomic mass is 19.4. The average molecular weight is 268 g/mol. The Bertz CT molecular complexity index is 556. The van der Waals surface area contributed by atoms with Gasteiger partial charge >= 0.3 is 6.18 Å². The van der Waals surface area contributed by atoms with Crippen molar-refractivity contribution in [3.63, 3.8) is 0 Å². The topological polar surface area (TPSA) is 35.0 Å². The number of aryl methyl sites for hydroxylation is 1. The van der Waals surface area contributed by atoms with Gasteiger partial charge < -0.3 is 4.74 Å². The van der Waals surface area contributed by atoms with Gasteiger partial charge in [-0.3, -0.25) is 4.98 Å². The molecule has 0 aliphatic rings. The summed E-state index contributed by atoms with van der Waals surface area (Å²) in [6.45, 7) is 1.57. The Hall–Kier alpha value is -2.11. The molecule has 0 aromatic carbocycles. The summed E-state index contributed by atoms with van der Waals surface area (Å²) in [4.78, 5) is 7.92. The summed E-state index contributed by atoms with van der Waals surface area (Å²) < 4.78 is 43.1. The smallest absolute Gasteiger partial charge is 0.416 e. The first kappa shape index (κ1) is 13.3. The van der Waals surface area contributed by atoms with Gasteiger partial charge in [0.25, 0.3) is 0 Å². The fourth-order valence-corrected chi connectivity index (χ4v) is 1.51. The maximum absolute atomic E-state index is 12.6. The number of halogens is 3. The zero-order valence-electron chi connectivity index (χ0n) is 10.1. The number of hydrogen-bond donors (Lipinski definition) is 0. The molecule has 6 heteroatoms. The van der Waals surface area contributed by atoms with E-state index in [0.717, 1.165) is 12.1 Å². The van der Waals surface area contributed by atoms with E-state index < -0.39 is 11.7 Å². The Kier molecular flexibility index (Phi) is 3.69. The van der Waals surface area contributed by atoms with Crippen molar-refractivity contribution in [1.82, 2.24) is 9.97 Å². The van der Waals surface area contributed by atoms with Crippen LogP contribution in [-0.4, -0.2) is 9.97 Å². The molecule has 2 aromatic heterocycles. The average Bonchev–Trinajstić information content (AvgIpc) is 2.36. The van der Waals surface area contributed by atoms with Crippen LogP contribution in [0, 0.1) is 6.92 Å². The molecule has 2 rings (SSSR count). The van der Waals surface area contributed by atoms with E-state index in [2.05, 4.69) is 9.97 Å². The second kappa shape index (κ2) is 5.26. The summed E-state index contributed by atoms with van der Waals surface area (Å²) in [7, 11) is 0. The second-order valence-electron chi connectivity index (χ2n) is 3.94. The molecule has 0 aliphatic carbocycles. The molecule has 2 heterocycles. The summed E-state index contributed by atoms with van der Waals surface area (Å²) in [5.41, 5.74) is 0.112. The van der Waals surface area contributed by atoms with Crippen LogP contribution < -0.4 is 4.74 Å². The van der Waals surface area contributed by atoms with E-state index in [-0.39, 0.29) is 18.2 Å². The van der Waals surface area contributed by atoms with Crippen LogP contribution in [0.4, 0.5) is 13.2 Å². The molecule has 0 atom stereocenters. The van der Waals surface area contributed by atoms with Crippen LogP contribution >= 0.6 is 0 Å². The van der Waals surface area contributed by atoms with Gasteiger partial charge in [-0.05, 0) is 25.1 Å². The number of aromatic nitrogens is 2. The molecule has 0 saturated heterocycles. The number of hydrogen-bond acceptors (Lipinski definition) is 3. The third-order valence-electron chi connectivity index (χ3n) is 2.35. The van der Waals surface area contributed by atoms with Crippen LogP contribution in [0.2, 0.25) is 0 Å². The zero-order chi connectivity index (χ0) is 13.9. The Labute approximate surface area is 108 Å². The van der Waals surface area contributed by atoms with Gasteiger partial charge in [0, 0.05) is 18.0 Å². The fraction of sp³-hybridized carbons (Fsp3) is 0.231. The van der Waals surface area contributed by atoms with E-state index in [4.69, 9.17) is 4.74 Å². The van der Waals surface area contributed by atoms with Crippen LogP contribution in [0.1, 0.15) is 17.0 Å². The highest BCUT2D eigenvalue weighted by molar-refractivity contribution is 5.27. The van der Waals surface area contributed by atoms with Crippen molar-refractivity contribution in [3.8, 4) is 5.88 Å². The quantitative estimate of drug-likeness (QED) is 0.856. The summed E-state index contributed by atoms with van der Waals surface area (Å²) >= 11 is 0. The van der Waals surface area contributed by atoms with Crippen molar-refractivity contribution in [2.45, 2.75) is 19.7 Å². The van der Waals surface area contributed by atoms with E-state index in [1.54, 1.807) is 24.4 Å². The summed E-state index contributed by atoms with van der Waals surface area (Å²) in [6.07, 6.45) is -2.82. The summed E-state index contributed by atoms with van der Waals surface area (Å²) in [5.74, 6) is -0.0574. The second-order valence-corrected chi connectivity index (χ2v) is 3.94. The van der Waals surface area contributed by atoms with Crippen molar-refractivity contribution in [2.24, 2.45) is 0 Å². The lowest BCUT2D eigenvalue weighted by atomic mass is 10.2. The normalized spacial score (nSPS) is 11.4. The molecular weight excluding hydrogens is 257 g/mol. The first-order valence-corrected chi connectivity index (χ1v) is 5.54. The van der Waals surface area contributed by atoms with Gasteiger partial charge in [0.2, 0.25) is 5.88 Å². The lowest BCUT2D eigenvalue weighted by Crippen LogP contribution is -2.07. The van der Waals surface area contributed by atoms with Gasteiger partial charge in [0.15, 0.2) is 0 Å². The van der Waals surface area contributed by atoms with E-state index >= 15 is 0 Å². The molecule has 0 saturated carbocycles. The fourth-order valence-electron chi connectivity index (χ4n) is 1.51. The first-order chi connectivity index (χ1) is 8.95. The molecule has 0 spiro atoms. The Morgan fingerprint density at radius 2 is 2.00 bits per heavy atom. The van der Waals surface area contributed by atoms with Crippen LogP contribution in [0.15, 0.2) is 36.5 Å². The lowest BCUT2D eigenvalue weighted by Gasteiger charge is -2.10. The standard InChI is InChI=1S/C13H11F3N2O/c1-9-6-10(13(14,15)16)7-12(18-9)19-8-11-4-2-3-5-17-11/h2-7H,8H2,1H3. The highest BCUT2D eigenvalue weighted by Gasteiger charge is 2.31. The van der Waals surface area contributed by atoms with Gasteiger partial charge in [-0.25, -0.2) is 4.98 Å². The third kappa shape index (κ3) is 3.67. The molecule has 0 aliphatic heterocycles. The summed E-state index contributed by atoms with van der Waals surface area (Å²) in [5, 5.41) is 0. The zero-order valence-corrected chi connectivity index (χ0v) is 10.1. The van der Waals surface area contributed by atoms with Crippen molar-refractivity contribution < 1.29 is 17.9 Å². The van der Waals surface area contributed by atoms with Gasteiger partial charge in [-0.1, -0.05) is 6.07 Å². The molecule has 100 valence electrons. The van der Waals surface area contributed by atoms with Crippen molar-refractivity contribution in [1.29, 1.82) is 0 Å². The predicted molar refractivity (Wildman–Crippen MR) is 62.5 cm³/mol. The van der Waals surface area contributed by atoms with Crippen LogP contribution in [-0.2, 0) is 12.8 Å². The molecule has 2 aromatic rings. The predicted octanol–water partition coefficient (Wildman–Crippen LogP) is 3.38. The molecule has 3 nitrogen and oxygen atoms in total. The number of nitrogens with zero attached hydrogens (tertiary/aromatic N) is 2. The van der Waals surface area contributed by atoms with Crippen molar-refractivity contribution >= 4 is 0 Å². The Morgan fingerprint density at radius 1 is 1.21 bits per heavy atom. The lowest BCUT2D eigenvalue weighted by molar-refractivity contribution is -0.137. The Morgan fingerprint density at radius 3 is 2.63 bits per heavy atom. The van der Waals surface area contributed by atoms with Crippen LogP contribution in [0.3, 0.4) is 0 Å². The first-order valence-electron chi connectivity index (χ1n) is 5.54. The van der Waals surface area contributed by atoms with Crippen LogP contribution in [0.25, 0.3) is 0 Å². The largest absolute Gasteiger partial charge is 0.471 e. The van der Waals surface area contributed by atoms with E-state index in [1.165, 1.54) is 6.92 Å².